The van der Waals surface area contributed by atoms with Gasteiger partial charge in [-0.15, -0.1) is 12.4 Å². The lowest BCUT2D eigenvalue weighted by atomic mass is 10.2. The molecule has 1 amide bonds. The van der Waals surface area contributed by atoms with Crippen LogP contribution in [-0.4, -0.2) is 34.0 Å². The van der Waals surface area contributed by atoms with Gasteiger partial charge in [-0.3, -0.25) is 4.79 Å². The van der Waals surface area contributed by atoms with Crippen LogP contribution in [0.5, 0.6) is 0 Å². The Hall–Kier alpha value is -1.15. The molecule has 108 valence electrons. The number of rotatable bonds is 7. The van der Waals surface area contributed by atoms with Gasteiger partial charge in [0.05, 0.1) is 4.90 Å². The van der Waals surface area contributed by atoms with E-state index in [0.717, 1.165) is 6.54 Å². The number of hydrogen-bond acceptors (Lipinski definition) is 4. The van der Waals surface area contributed by atoms with Crippen molar-refractivity contribution in [3.8, 4) is 0 Å². The van der Waals surface area contributed by atoms with E-state index in [1.54, 1.807) is 0 Å². The molecule has 0 saturated carbocycles. The van der Waals surface area contributed by atoms with Crippen LogP contribution in [0.4, 0.5) is 0 Å². The van der Waals surface area contributed by atoms with Crippen molar-refractivity contribution in [3.63, 3.8) is 0 Å². The Bertz CT molecular complexity index is 502. The van der Waals surface area contributed by atoms with Crippen molar-refractivity contribution in [3.05, 3.63) is 29.8 Å². The van der Waals surface area contributed by atoms with Crippen LogP contribution < -0.4 is 15.8 Å². The van der Waals surface area contributed by atoms with Crippen LogP contribution in [0.3, 0.4) is 0 Å². The molecule has 8 heteroatoms. The monoisotopic (exact) mass is 307 g/mol. The number of likely N-dealkylation sites (N-methyl/N-ethyl adjacent to an activating group) is 1. The van der Waals surface area contributed by atoms with E-state index in [4.69, 9.17) is 5.73 Å². The third-order valence-corrected chi connectivity index (χ3v) is 3.77. The molecule has 19 heavy (non-hydrogen) atoms. The molecule has 0 spiro atoms. The first-order valence-electron chi connectivity index (χ1n) is 5.57. The molecule has 0 fully saturated rings. The summed E-state index contributed by atoms with van der Waals surface area (Å²) >= 11 is 0. The molecule has 6 nitrogen and oxygen atoms in total. The number of halogens is 1. The second-order valence-corrected chi connectivity index (χ2v) is 5.41. The molecule has 0 saturated heterocycles. The maximum atomic E-state index is 11.8. The Morgan fingerprint density at radius 1 is 1.21 bits per heavy atom. The molecule has 1 aromatic rings. The van der Waals surface area contributed by atoms with Gasteiger partial charge in [-0.1, -0.05) is 6.92 Å². The van der Waals surface area contributed by atoms with Crippen LogP contribution in [0, 0.1) is 0 Å². The van der Waals surface area contributed by atoms with E-state index in [2.05, 4.69) is 10.0 Å². The van der Waals surface area contributed by atoms with E-state index in [1.165, 1.54) is 24.3 Å². The standard InChI is InChI=1S/C11H17N3O3S.ClH/c1-2-13-7-8-14-18(16,17)10-5-3-9(4-6-10)11(12)15;/h3-6,13-14H,2,7-8H2,1H3,(H2,12,15);1H. The second-order valence-electron chi connectivity index (χ2n) is 3.64. The van der Waals surface area contributed by atoms with Gasteiger partial charge in [-0.25, -0.2) is 13.1 Å². The van der Waals surface area contributed by atoms with Gasteiger partial charge in [0, 0.05) is 18.7 Å². The van der Waals surface area contributed by atoms with Crippen molar-refractivity contribution in [1.29, 1.82) is 0 Å². The lowest BCUT2D eigenvalue weighted by molar-refractivity contribution is 0.1000. The maximum Gasteiger partial charge on any atom is 0.248 e. The first kappa shape index (κ1) is 17.8. The lowest BCUT2D eigenvalue weighted by Gasteiger charge is -2.07. The number of carbonyl (C=O) groups excluding carboxylic acids is 1. The summed E-state index contributed by atoms with van der Waals surface area (Å²) in [6.45, 7) is 3.61. The van der Waals surface area contributed by atoms with Crippen LogP contribution >= 0.6 is 12.4 Å². The summed E-state index contributed by atoms with van der Waals surface area (Å²) in [5.41, 5.74) is 5.35. The molecule has 0 aliphatic rings. The summed E-state index contributed by atoms with van der Waals surface area (Å²) in [6, 6.07) is 5.49. The zero-order valence-electron chi connectivity index (χ0n) is 10.5. The van der Waals surface area contributed by atoms with Crippen molar-refractivity contribution >= 4 is 28.3 Å². The van der Waals surface area contributed by atoms with Crippen molar-refractivity contribution < 1.29 is 13.2 Å². The fraction of sp³-hybridized carbons (Fsp3) is 0.364. The Labute approximate surface area is 119 Å². The number of primary amides is 1. The van der Waals surface area contributed by atoms with E-state index >= 15 is 0 Å². The van der Waals surface area contributed by atoms with Crippen LogP contribution in [0.1, 0.15) is 17.3 Å². The quantitative estimate of drug-likeness (QED) is 0.622. The molecule has 0 aliphatic carbocycles. The predicted molar refractivity (Wildman–Crippen MR) is 75.9 cm³/mol. The summed E-state index contributed by atoms with van der Waals surface area (Å²) in [5.74, 6) is -0.584. The zero-order valence-corrected chi connectivity index (χ0v) is 12.2. The topological polar surface area (TPSA) is 101 Å². The predicted octanol–water partition coefficient (Wildman–Crippen LogP) is 0.0951. The summed E-state index contributed by atoms with van der Waals surface area (Å²) in [4.78, 5) is 11.0. The Morgan fingerprint density at radius 3 is 2.26 bits per heavy atom. The first-order valence-corrected chi connectivity index (χ1v) is 7.06. The number of amides is 1. The fourth-order valence-corrected chi connectivity index (χ4v) is 2.36. The summed E-state index contributed by atoms with van der Waals surface area (Å²) in [7, 11) is -3.53. The number of nitrogens with two attached hydrogens (primary N) is 1. The lowest BCUT2D eigenvalue weighted by Crippen LogP contribution is -2.31. The summed E-state index contributed by atoms with van der Waals surface area (Å²) in [5, 5.41) is 3.01. The van der Waals surface area contributed by atoms with Crippen LogP contribution in [-0.2, 0) is 10.0 Å². The SMILES string of the molecule is CCNCCNS(=O)(=O)c1ccc(C(N)=O)cc1.Cl. The summed E-state index contributed by atoms with van der Waals surface area (Å²) < 4.78 is 26.1. The Kier molecular flexibility index (Phi) is 7.62. The van der Waals surface area contributed by atoms with E-state index in [0.29, 0.717) is 13.1 Å². The molecule has 0 radical (unpaired) electrons. The molecular formula is C11H18ClN3O3S. The maximum absolute atomic E-state index is 11.8. The minimum atomic E-state index is -3.53. The molecule has 1 aromatic carbocycles. The number of nitrogens with one attached hydrogen (secondary N) is 2. The number of benzene rings is 1. The molecule has 0 aliphatic heterocycles. The fourth-order valence-electron chi connectivity index (χ4n) is 1.33. The molecule has 0 atom stereocenters. The normalized spacial score (nSPS) is 10.8. The molecule has 0 aromatic heterocycles. The Balaban J connectivity index is 0.00000324. The molecule has 0 unspecified atom stereocenters. The van der Waals surface area contributed by atoms with Gasteiger partial charge in [0.15, 0.2) is 0 Å². The van der Waals surface area contributed by atoms with Gasteiger partial charge in [-0.05, 0) is 30.8 Å². The number of sulfonamides is 1. The van der Waals surface area contributed by atoms with Gasteiger partial charge in [0.2, 0.25) is 15.9 Å². The van der Waals surface area contributed by atoms with Gasteiger partial charge >= 0.3 is 0 Å². The van der Waals surface area contributed by atoms with E-state index in [9.17, 15) is 13.2 Å². The number of carbonyl (C=O) groups is 1. The minimum Gasteiger partial charge on any atom is -0.366 e. The Morgan fingerprint density at radius 2 is 1.79 bits per heavy atom. The van der Waals surface area contributed by atoms with Gasteiger partial charge in [-0.2, -0.15) is 0 Å². The van der Waals surface area contributed by atoms with Crippen LogP contribution in [0.2, 0.25) is 0 Å². The smallest absolute Gasteiger partial charge is 0.248 e. The van der Waals surface area contributed by atoms with Crippen molar-refractivity contribution in [2.24, 2.45) is 5.73 Å². The van der Waals surface area contributed by atoms with Crippen LogP contribution in [0.15, 0.2) is 29.2 Å². The van der Waals surface area contributed by atoms with E-state index in [-0.39, 0.29) is 22.9 Å². The third kappa shape index (κ3) is 5.56. The largest absolute Gasteiger partial charge is 0.366 e. The average Bonchev–Trinajstić information content (AvgIpc) is 2.35. The minimum absolute atomic E-state index is 0. The molecule has 0 heterocycles. The van der Waals surface area contributed by atoms with Gasteiger partial charge in [0.1, 0.15) is 0 Å². The highest BCUT2D eigenvalue weighted by Crippen LogP contribution is 2.09. The van der Waals surface area contributed by atoms with E-state index in [1.807, 2.05) is 6.92 Å². The highest BCUT2D eigenvalue weighted by molar-refractivity contribution is 7.89. The number of hydrogen-bond donors (Lipinski definition) is 3. The van der Waals surface area contributed by atoms with Crippen molar-refractivity contribution in [1.82, 2.24) is 10.0 Å². The van der Waals surface area contributed by atoms with Crippen LogP contribution in [0.25, 0.3) is 0 Å². The molecule has 0 bridgehead atoms. The third-order valence-electron chi connectivity index (χ3n) is 2.29. The highest BCUT2D eigenvalue weighted by atomic mass is 35.5. The van der Waals surface area contributed by atoms with Gasteiger partial charge < -0.3 is 11.1 Å². The molecule has 1 rings (SSSR count). The second kappa shape index (κ2) is 8.11. The van der Waals surface area contributed by atoms with Gasteiger partial charge in [0.25, 0.3) is 0 Å². The molecule has 4 N–H and O–H groups in total. The summed E-state index contributed by atoms with van der Waals surface area (Å²) in [6.07, 6.45) is 0. The first-order chi connectivity index (χ1) is 8.47. The zero-order chi connectivity index (χ0) is 13.6. The highest BCUT2D eigenvalue weighted by Gasteiger charge is 2.13. The van der Waals surface area contributed by atoms with E-state index < -0.39 is 15.9 Å². The average molecular weight is 308 g/mol. The van der Waals surface area contributed by atoms with Crippen molar-refractivity contribution in [2.75, 3.05) is 19.6 Å². The van der Waals surface area contributed by atoms with Crippen molar-refractivity contribution in [2.45, 2.75) is 11.8 Å². The molecular weight excluding hydrogens is 290 g/mol.